The average Bonchev–Trinajstić information content (AvgIpc) is 2.97. The van der Waals surface area contributed by atoms with Crippen LogP contribution in [0.15, 0.2) is 23.2 Å². The van der Waals surface area contributed by atoms with Crippen LogP contribution in [0.25, 0.3) is 0 Å². The minimum atomic E-state index is -3.48. The Morgan fingerprint density at radius 2 is 2.35 bits per heavy atom. The summed E-state index contributed by atoms with van der Waals surface area (Å²) in [6, 6.07) is 3.06. The van der Waals surface area contributed by atoms with E-state index in [2.05, 4.69) is 15.0 Å². The zero-order chi connectivity index (χ0) is 14.4. The van der Waals surface area contributed by atoms with Crippen molar-refractivity contribution >= 4 is 15.8 Å². The Labute approximate surface area is 120 Å². The van der Waals surface area contributed by atoms with Gasteiger partial charge in [0.15, 0.2) is 0 Å². The van der Waals surface area contributed by atoms with Gasteiger partial charge in [0.05, 0.1) is 11.5 Å². The van der Waals surface area contributed by atoms with Crippen molar-refractivity contribution in [2.45, 2.75) is 24.7 Å². The molecule has 1 aliphatic heterocycles. The molecule has 1 aromatic heterocycles. The van der Waals surface area contributed by atoms with Gasteiger partial charge in [0, 0.05) is 32.0 Å². The van der Waals surface area contributed by atoms with Gasteiger partial charge in [-0.3, -0.25) is 0 Å². The first-order valence-corrected chi connectivity index (χ1v) is 8.37. The highest BCUT2D eigenvalue weighted by atomic mass is 32.2. The second kappa shape index (κ2) is 7.01. The van der Waals surface area contributed by atoms with Crippen LogP contribution >= 0.6 is 0 Å². The monoisotopic (exact) mass is 299 g/mol. The van der Waals surface area contributed by atoms with E-state index in [-0.39, 0.29) is 10.8 Å². The Balaban J connectivity index is 2.00. The maximum atomic E-state index is 12.2. The minimum Gasteiger partial charge on any atom is -0.381 e. The molecule has 2 heterocycles. The van der Waals surface area contributed by atoms with Crippen LogP contribution in [0.2, 0.25) is 0 Å². The fourth-order valence-electron chi connectivity index (χ4n) is 1.98. The summed E-state index contributed by atoms with van der Waals surface area (Å²) in [5.74, 6) is 0.850. The van der Waals surface area contributed by atoms with Gasteiger partial charge in [-0.05, 0) is 24.8 Å². The Bertz CT molecular complexity index is 527. The zero-order valence-corrected chi connectivity index (χ0v) is 12.4. The molecular weight excluding hydrogens is 278 g/mol. The molecule has 1 aromatic rings. The molecule has 1 saturated heterocycles. The summed E-state index contributed by atoms with van der Waals surface area (Å²) in [5, 5.41) is 3.08. The normalized spacial score (nSPS) is 19.1. The van der Waals surface area contributed by atoms with Gasteiger partial charge in [0.25, 0.3) is 0 Å². The predicted molar refractivity (Wildman–Crippen MR) is 77.1 cm³/mol. The maximum Gasteiger partial charge on any atom is 0.240 e. The van der Waals surface area contributed by atoms with E-state index in [4.69, 9.17) is 4.74 Å². The highest BCUT2D eigenvalue weighted by molar-refractivity contribution is 7.89. The molecule has 0 aromatic carbocycles. The molecule has 1 aliphatic rings. The first-order chi connectivity index (χ1) is 9.62. The fraction of sp³-hybridized carbons (Fsp3) is 0.615. The summed E-state index contributed by atoms with van der Waals surface area (Å²) >= 11 is 0. The van der Waals surface area contributed by atoms with Gasteiger partial charge in [-0.15, -0.1) is 0 Å². The van der Waals surface area contributed by atoms with E-state index in [0.29, 0.717) is 25.6 Å². The zero-order valence-electron chi connectivity index (χ0n) is 11.6. The second-order valence-corrected chi connectivity index (χ2v) is 6.65. The van der Waals surface area contributed by atoms with Crippen LogP contribution in [-0.2, 0) is 14.8 Å². The van der Waals surface area contributed by atoms with E-state index in [0.717, 1.165) is 19.4 Å². The highest BCUT2D eigenvalue weighted by Crippen LogP contribution is 2.15. The van der Waals surface area contributed by atoms with Gasteiger partial charge in [0.2, 0.25) is 10.0 Å². The number of hydrogen-bond donors (Lipinski definition) is 2. The molecule has 0 amide bonds. The van der Waals surface area contributed by atoms with Crippen molar-refractivity contribution in [3.63, 3.8) is 0 Å². The number of pyridine rings is 1. The third-order valence-corrected chi connectivity index (χ3v) is 4.61. The summed E-state index contributed by atoms with van der Waals surface area (Å²) in [6.07, 6.45) is 3.37. The molecule has 20 heavy (non-hydrogen) atoms. The SMILES string of the molecule is CCCNc1cc(S(=O)(=O)NCC2CCOC2)ccn1. The lowest BCUT2D eigenvalue weighted by molar-refractivity contribution is 0.186. The second-order valence-electron chi connectivity index (χ2n) is 4.89. The first-order valence-electron chi connectivity index (χ1n) is 6.89. The molecule has 1 fully saturated rings. The van der Waals surface area contributed by atoms with Crippen LogP contribution in [-0.4, -0.2) is 39.7 Å². The molecule has 2 rings (SSSR count). The Kier molecular flexibility index (Phi) is 5.33. The standard InChI is InChI=1S/C13H21N3O3S/c1-2-5-14-13-8-12(3-6-15-13)20(17,18)16-9-11-4-7-19-10-11/h3,6,8,11,16H,2,4-5,7,9-10H2,1H3,(H,14,15). The Hall–Kier alpha value is -1.18. The number of nitrogens with one attached hydrogen (secondary N) is 2. The van der Waals surface area contributed by atoms with Crippen LogP contribution in [0, 0.1) is 5.92 Å². The number of aromatic nitrogens is 1. The third-order valence-electron chi connectivity index (χ3n) is 3.18. The number of hydrogen-bond acceptors (Lipinski definition) is 5. The number of anilines is 1. The molecule has 7 heteroatoms. The Morgan fingerprint density at radius 1 is 1.50 bits per heavy atom. The largest absolute Gasteiger partial charge is 0.381 e. The summed E-state index contributed by atoms with van der Waals surface area (Å²) in [6.45, 7) is 4.57. The van der Waals surface area contributed by atoms with E-state index in [1.165, 1.54) is 12.3 Å². The molecule has 1 unspecified atom stereocenters. The quantitative estimate of drug-likeness (QED) is 0.791. The number of rotatable bonds is 7. The van der Waals surface area contributed by atoms with Crippen molar-refractivity contribution in [3.05, 3.63) is 18.3 Å². The molecule has 2 N–H and O–H groups in total. The van der Waals surface area contributed by atoms with Crippen molar-refractivity contribution in [1.82, 2.24) is 9.71 Å². The van der Waals surface area contributed by atoms with Gasteiger partial charge in [-0.1, -0.05) is 6.92 Å². The molecule has 6 nitrogen and oxygen atoms in total. The number of sulfonamides is 1. The van der Waals surface area contributed by atoms with E-state index < -0.39 is 10.0 Å². The van der Waals surface area contributed by atoms with Crippen LogP contribution in [0.4, 0.5) is 5.82 Å². The molecule has 0 radical (unpaired) electrons. The fourth-order valence-corrected chi connectivity index (χ4v) is 3.11. The van der Waals surface area contributed by atoms with Crippen molar-refractivity contribution in [2.24, 2.45) is 5.92 Å². The lowest BCUT2D eigenvalue weighted by Gasteiger charge is -2.11. The van der Waals surface area contributed by atoms with Crippen molar-refractivity contribution in [1.29, 1.82) is 0 Å². The van der Waals surface area contributed by atoms with Gasteiger partial charge < -0.3 is 10.1 Å². The summed E-state index contributed by atoms with van der Waals surface area (Å²) in [5.41, 5.74) is 0. The van der Waals surface area contributed by atoms with Gasteiger partial charge in [0.1, 0.15) is 5.82 Å². The van der Waals surface area contributed by atoms with Crippen molar-refractivity contribution < 1.29 is 13.2 Å². The van der Waals surface area contributed by atoms with Crippen LogP contribution in [0.5, 0.6) is 0 Å². The summed E-state index contributed by atoms with van der Waals surface area (Å²) in [7, 11) is -3.48. The van der Waals surface area contributed by atoms with Gasteiger partial charge in [-0.2, -0.15) is 0 Å². The van der Waals surface area contributed by atoms with Crippen LogP contribution in [0.1, 0.15) is 19.8 Å². The minimum absolute atomic E-state index is 0.241. The topological polar surface area (TPSA) is 80.3 Å². The molecule has 0 aliphatic carbocycles. The van der Waals surface area contributed by atoms with Gasteiger partial charge >= 0.3 is 0 Å². The van der Waals surface area contributed by atoms with Crippen molar-refractivity contribution in [2.75, 3.05) is 31.6 Å². The van der Waals surface area contributed by atoms with Crippen LogP contribution < -0.4 is 10.0 Å². The molecule has 0 spiro atoms. The molecule has 112 valence electrons. The smallest absolute Gasteiger partial charge is 0.240 e. The van der Waals surface area contributed by atoms with Crippen LogP contribution in [0.3, 0.4) is 0 Å². The lowest BCUT2D eigenvalue weighted by Crippen LogP contribution is -2.29. The molecule has 0 bridgehead atoms. The number of ether oxygens (including phenoxy) is 1. The van der Waals surface area contributed by atoms with E-state index in [1.807, 2.05) is 6.92 Å². The van der Waals surface area contributed by atoms with Gasteiger partial charge in [-0.25, -0.2) is 18.1 Å². The highest BCUT2D eigenvalue weighted by Gasteiger charge is 2.20. The summed E-state index contributed by atoms with van der Waals surface area (Å²) in [4.78, 5) is 4.35. The Morgan fingerprint density at radius 3 is 3.05 bits per heavy atom. The number of nitrogens with zero attached hydrogens (tertiary/aromatic N) is 1. The van der Waals surface area contributed by atoms with E-state index in [9.17, 15) is 8.42 Å². The predicted octanol–water partition coefficient (Wildman–Crippen LogP) is 1.22. The third kappa shape index (κ3) is 4.16. The van der Waals surface area contributed by atoms with E-state index in [1.54, 1.807) is 6.07 Å². The molecular formula is C13H21N3O3S. The molecule has 0 saturated carbocycles. The lowest BCUT2D eigenvalue weighted by atomic mass is 10.1. The van der Waals surface area contributed by atoms with Crippen molar-refractivity contribution in [3.8, 4) is 0 Å². The summed E-state index contributed by atoms with van der Waals surface area (Å²) < 4.78 is 32.3. The maximum absolute atomic E-state index is 12.2. The average molecular weight is 299 g/mol. The van der Waals surface area contributed by atoms with E-state index >= 15 is 0 Å². The first kappa shape index (κ1) is 15.2. The molecule has 1 atom stereocenters.